The van der Waals surface area contributed by atoms with Crippen LogP contribution in [0.15, 0.2) is 35.1 Å². The lowest BCUT2D eigenvalue weighted by Gasteiger charge is -2.10. The molecule has 0 aliphatic carbocycles. The van der Waals surface area contributed by atoms with Crippen LogP contribution in [0.2, 0.25) is 0 Å². The second-order valence-corrected chi connectivity index (χ2v) is 4.40. The molecular weight excluding hydrogens is 244 g/mol. The SMILES string of the molecule is Cc1ccc(C)c(Nc2cc(C(=O)O)cc(=O)[nH]2)c1. The third kappa shape index (κ3) is 3.01. The average Bonchev–Trinajstić information content (AvgIpc) is 2.33. The zero-order valence-electron chi connectivity index (χ0n) is 10.7. The molecule has 0 aliphatic heterocycles. The van der Waals surface area contributed by atoms with Crippen molar-refractivity contribution in [2.45, 2.75) is 13.8 Å². The normalized spacial score (nSPS) is 10.2. The van der Waals surface area contributed by atoms with Crippen LogP contribution in [-0.2, 0) is 0 Å². The highest BCUT2D eigenvalue weighted by Gasteiger charge is 2.07. The summed E-state index contributed by atoms with van der Waals surface area (Å²) in [4.78, 5) is 24.9. The summed E-state index contributed by atoms with van der Waals surface area (Å²) in [5, 5.41) is 11.9. The van der Waals surface area contributed by atoms with E-state index in [0.717, 1.165) is 22.9 Å². The number of anilines is 2. The molecule has 1 heterocycles. The molecule has 0 saturated heterocycles. The lowest BCUT2D eigenvalue weighted by molar-refractivity contribution is 0.0696. The van der Waals surface area contributed by atoms with Gasteiger partial charge in [0.2, 0.25) is 5.56 Å². The highest BCUT2D eigenvalue weighted by molar-refractivity contribution is 5.88. The minimum Gasteiger partial charge on any atom is -0.478 e. The van der Waals surface area contributed by atoms with E-state index in [1.807, 2.05) is 32.0 Å². The average molecular weight is 258 g/mol. The molecule has 0 fully saturated rings. The maximum absolute atomic E-state index is 11.4. The molecule has 0 bridgehead atoms. The molecule has 3 N–H and O–H groups in total. The Morgan fingerprint density at radius 2 is 1.95 bits per heavy atom. The summed E-state index contributed by atoms with van der Waals surface area (Å²) in [6.07, 6.45) is 0. The van der Waals surface area contributed by atoms with Crippen LogP contribution < -0.4 is 10.9 Å². The predicted molar refractivity (Wildman–Crippen MR) is 73.2 cm³/mol. The molecule has 19 heavy (non-hydrogen) atoms. The van der Waals surface area contributed by atoms with Crippen LogP contribution in [0.5, 0.6) is 0 Å². The second kappa shape index (κ2) is 4.97. The summed E-state index contributed by atoms with van der Waals surface area (Å²) in [6.45, 7) is 3.89. The number of benzene rings is 1. The molecular formula is C14H14N2O3. The molecule has 0 saturated carbocycles. The summed E-state index contributed by atoms with van der Waals surface area (Å²) < 4.78 is 0. The first kappa shape index (κ1) is 12.9. The molecule has 0 amide bonds. The molecule has 0 spiro atoms. The van der Waals surface area contributed by atoms with Gasteiger partial charge >= 0.3 is 5.97 Å². The van der Waals surface area contributed by atoms with Gasteiger partial charge in [-0.1, -0.05) is 12.1 Å². The van der Waals surface area contributed by atoms with E-state index in [1.165, 1.54) is 6.07 Å². The van der Waals surface area contributed by atoms with E-state index < -0.39 is 11.5 Å². The lowest BCUT2D eigenvalue weighted by atomic mass is 10.1. The first-order valence-corrected chi connectivity index (χ1v) is 5.77. The first-order valence-electron chi connectivity index (χ1n) is 5.77. The highest BCUT2D eigenvalue weighted by Crippen LogP contribution is 2.20. The Kier molecular flexibility index (Phi) is 3.37. The second-order valence-electron chi connectivity index (χ2n) is 4.40. The first-order chi connectivity index (χ1) is 8.95. The van der Waals surface area contributed by atoms with E-state index in [0.29, 0.717) is 5.82 Å². The lowest BCUT2D eigenvalue weighted by Crippen LogP contribution is -2.11. The van der Waals surface area contributed by atoms with Crippen molar-refractivity contribution in [1.29, 1.82) is 0 Å². The number of carboxylic acids is 1. The summed E-state index contributed by atoms with van der Waals surface area (Å²) in [5.41, 5.74) is 2.42. The molecule has 0 radical (unpaired) electrons. The molecule has 98 valence electrons. The van der Waals surface area contributed by atoms with Crippen molar-refractivity contribution < 1.29 is 9.90 Å². The van der Waals surface area contributed by atoms with Crippen molar-refractivity contribution in [3.63, 3.8) is 0 Å². The van der Waals surface area contributed by atoms with Crippen molar-refractivity contribution in [1.82, 2.24) is 4.98 Å². The number of carbonyl (C=O) groups is 1. The van der Waals surface area contributed by atoms with E-state index >= 15 is 0 Å². The number of H-pyrrole nitrogens is 1. The van der Waals surface area contributed by atoms with Crippen molar-refractivity contribution in [2.75, 3.05) is 5.32 Å². The molecule has 1 aromatic heterocycles. The molecule has 5 heteroatoms. The minimum absolute atomic E-state index is 0.0449. The Morgan fingerprint density at radius 1 is 1.21 bits per heavy atom. The van der Waals surface area contributed by atoms with Crippen molar-refractivity contribution in [2.24, 2.45) is 0 Å². The number of rotatable bonds is 3. The minimum atomic E-state index is -1.13. The third-order valence-corrected chi connectivity index (χ3v) is 2.75. The summed E-state index contributed by atoms with van der Waals surface area (Å²) in [5.74, 6) is -0.770. The maximum atomic E-state index is 11.4. The van der Waals surface area contributed by atoms with Crippen LogP contribution in [0.25, 0.3) is 0 Å². The van der Waals surface area contributed by atoms with E-state index in [2.05, 4.69) is 10.3 Å². The van der Waals surface area contributed by atoms with Crippen molar-refractivity contribution in [3.05, 3.63) is 57.4 Å². The van der Waals surface area contributed by atoms with Crippen LogP contribution in [0, 0.1) is 13.8 Å². The summed E-state index contributed by atoms with van der Waals surface area (Å²) in [7, 11) is 0. The largest absolute Gasteiger partial charge is 0.478 e. The Bertz CT molecular complexity index is 689. The van der Waals surface area contributed by atoms with Gasteiger partial charge in [-0.2, -0.15) is 0 Å². The number of hydrogen-bond donors (Lipinski definition) is 3. The fourth-order valence-corrected chi connectivity index (χ4v) is 1.75. The van der Waals surface area contributed by atoms with E-state index in [1.54, 1.807) is 0 Å². The van der Waals surface area contributed by atoms with Crippen molar-refractivity contribution in [3.8, 4) is 0 Å². The fourth-order valence-electron chi connectivity index (χ4n) is 1.75. The standard InChI is InChI=1S/C14H14N2O3/c1-8-3-4-9(2)11(5-8)15-12-6-10(14(18)19)7-13(17)16-12/h3-7H,1-2H3,(H,18,19)(H2,15,16,17). The number of hydrogen-bond acceptors (Lipinski definition) is 3. The smallest absolute Gasteiger partial charge is 0.336 e. The molecule has 0 aliphatic rings. The van der Waals surface area contributed by atoms with Gasteiger partial charge in [-0.05, 0) is 37.1 Å². The number of aromatic carboxylic acids is 1. The van der Waals surface area contributed by atoms with Gasteiger partial charge in [0, 0.05) is 11.8 Å². The zero-order chi connectivity index (χ0) is 14.0. The van der Waals surface area contributed by atoms with E-state index in [4.69, 9.17) is 5.11 Å². The maximum Gasteiger partial charge on any atom is 0.336 e. The Balaban J connectivity index is 2.40. The molecule has 0 atom stereocenters. The van der Waals surface area contributed by atoms with Crippen LogP contribution in [0.3, 0.4) is 0 Å². The third-order valence-electron chi connectivity index (χ3n) is 2.75. The summed E-state index contributed by atoms with van der Waals surface area (Å²) >= 11 is 0. The van der Waals surface area contributed by atoms with Gasteiger partial charge in [-0.15, -0.1) is 0 Å². The van der Waals surface area contributed by atoms with E-state index in [-0.39, 0.29) is 5.56 Å². The number of carboxylic acid groups (broad SMARTS) is 1. The van der Waals surface area contributed by atoms with Crippen molar-refractivity contribution >= 4 is 17.5 Å². The number of aromatic nitrogens is 1. The molecule has 1 aromatic carbocycles. The number of aryl methyl sites for hydroxylation is 2. The monoisotopic (exact) mass is 258 g/mol. The fraction of sp³-hybridized carbons (Fsp3) is 0.143. The van der Waals surface area contributed by atoms with Crippen LogP contribution >= 0.6 is 0 Å². The van der Waals surface area contributed by atoms with Gasteiger partial charge in [-0.3, -0.25) is 4.79 Å². The molecule has 2 aromatic rings. The van der Waals surface area contributed by atoms with Gasteiger partial charge < -0.3 is 15.4 Å². The van der Waals surface area contributed by atoms with Crippen LogP contribution in [-0.4, -0.2) is 16.1 Å². The molecule has 2 rings (SSSR count). The van der Waals surface area contributed by atoms with Gasteiger partial charge in [0.1, 0.15) is 5.82 Å². The zero-order valence-corrected chi connectivity index (χ0v) is 10.7. The number of aromatic amines is 1. The topological polar surface area (TPSA) is 82.2 Å². The number of pyridine rings is 1. The van der Waals surface area contributed by atoms with Gasteiger partial charge in [0.25, 0.3) is 0 Å². The Morgan fingerprint density at radius 3 is 2.63 bits per heavy atom. The predicted octanol–water partition coefficient (Wildman–Crippen LogP) is 2.43. The Labute approximate surface area is 109 Å². The quantitative estimate of drug-likeness (QED) is 0.789. The van der Waals surface area contributed by atoms with Gasteiger partial charge in [0.05, 0.1) is 5.56 Å². The van der Waals surface area contributed by atoms with E-state index in [9.17, 15) is 9.59 Å². The van der Waals surface area contributed by atoms with Gasteiger partial charge in [-0.25, -0.2) is 4.79 Å². The van der Waals surface area contributed by atoms with Gasteiger partial charge in [0.15, 0.2) is 0 Å². The Hall–Kier alpha value is -2.56. The number of nitrogens with one attached hydrogen (secondary N) is 2. The molecule has 5 nitrogen and oxygen atoms in total. The summed E-state index contributed by atoms with van der Waals surface area (Å²) in [6, 6.07) is 8.32. The molecule has 0 unspecified atom stereocenters. The van der Waals surface area contributed by atoms with Crippen LogP contribution in [0.4, 0.5) is 11.5 Å². The van der Waals surface area contributed by atoms with Crippen LogP contribution in [0.1, 0.15) is 21.5 Å². The highest BCUT2D eigenvalue weighted by atomic mass is 16.4.